The molecule has 29 heavy (non-hydrogen) atoms. The number of aromatic nitrogens is 4. The molecule has 1 fully saturated rings. The Morgan fingerprint density at radius 3 is 2.93 bits per heavy atom. The number of anilines is 1. The summed E-state index contributed by atoms with van der Waals surface area (Å²) in [4.78, 5) is 35.7. The van der Waals surface area contributed by atoms with Crippen molar-refractivity contribution in [3.63, 3.8) is 0 Å². The Bertz CT molecular complexity index is 1120. The van der Waals surface area contributed by atoms with Gasteiger partial charge < -0.3 is 9.15 Å². The summed E-state index contributed by atoms with van der Waals surface area (Å²) in [5, 5.41) is 17.3. The molecule has 0 radical (unpaired) electrons. The molecule has 11 nitrogen and oxygen atoms in total. The predicted molar refractivity (Wildman–Crippen MR) is 99.0 cm³/mol. The minimum atomic E-state index is -0.518. The lowest BCUT2D eigenvalue weighted by Gasteiger charge is -2.19. The molecule has 0 spiro atoms. The Morgan fingerprint density at radius 2 is 2.21 bits per heavy atom. The third kappa shape index (κ3) is 3.66. The van der Waals surface area contributed by atoms with E-state index in [0.717, 1.165) is 5.39 Å². The van der Waals surface area contributed by atoms with Gasteiger partial charge in [0.15, 0.2) is 6.61 Å². The first-order chi connectivity index (χ1) is 13.9. The molecule has 0 bridgehead atoms. The van der Waals surface area contributed by atoms with Crippen LogP contribution in [0.25, 0.3) is 10.9 Å². The van der Waals surface area contributed by atoms with Crippen molar-refractivity contribution in [3.05, 3.63) is 29.8 Å². The second kappa shape index (κ2) is 7.34. The zero-order valence-electron chi connectivity index (χ0n) is 15.8. The molecule has 3 amide bonds. The fourth-order valence-electron chi connectivity index (χ4n) is 3.30. The third-order valence-electron chi connectivity index (χ3n) is 4.56. The van der Waals surface area contributed by atoms with Crippen LogP contribution in [0.2, 0.25) is 0 Å². The van der Waals surface area contributed by atoms with E-state index in [9.17, 15) is 14.4 Å². The quantitative estimate of drug-likeness (QED) is 0.601. The summed E-state index contributed by atoms with van der Waals surface area (Å²) in [5.41, 5.74) is 1.22. The van der Waals surface area contributed by atoms with E-state index >= 15 is 0 Å². The van der Waals surface area contributed by atoms with E-state index in [1.165, 1.54) is 0 Å². The Balaban J connectivity index is 1.55. The molecule has 4 rings (SSSR count). The van der Waals surface area contributed by atoms with Gasteiger partial charge in [0.25, 0.3) is 5.91 Å². The van der Waals surface area contributed by atoms with Crippen molar-refractivity contribution >= 4 is 34.6 Å². The Kier molecular flexibility index (Phi) is 4.71. The lowest BCUT2D eigenvalue weighted by Crippen LogP contribution is -2.39. The molecule has 1 aliphatic heterocycles. The summed E-state index contributed by atoms with van der Waals surface area (Å²) >= 11 is 0. The van der Waals surface area contributed by atoms with Crippen LogP contribution in [0.4, 0.5) is 6.01 Å². The number of carbonyl (C=O) groups excluding carboxylic acids is 3. The van der Waals surface area contributed by atoms with Crippen molar-refractivity contribution in [2.45, 2.75) is 25.7 Å². The maximum Gasteiger partial charge on any atom is 0.322 e. The van der Waals surface area contributed by atoms with Crippen LogP contribution >= 0.6 is 0 Å². The molecular weight excluding hydrogens is 380 g/mol. The lowest BCUT2D eigenvalue weighted by molar-refractivity contribution is -0.134. The smallest absolute Gasteiger partial charge is 0.322 e. The van der Waals surface area contributed by atoms with E-state index < -0.39 is 11.8 Å². The summed E-state index contributed by atoms with van der Waals surface area (Å²) in [5.74, 6) is -0.844. The molecule has 2 aromatic heterocycles. The van der Waals surface area contributed by atoms with E-state index in [2.05, 4.69) is 25.9 Å². The maximum atomic E-state index is 12.2. The number of hydrogen-bond acceptors (Lipinski definition) is 8. The number of para-hydroxylation sites is 1. The predicted octanol–water partition coefficient (Wildman–Crippen LogP) is 0.802. The number of imide groups is 1. The summed E-state index contributed by atoms with van der Waals surface area (Å²) < 4.78 is 12.4. The van der Waals surface area contributed by atoms with E-state index in [1.54, 1.807) is 30.8 Å². The SMILES string of the molecule is Cc1nnc(NC(=O)COc2cccc3c(C4CCC(=O)NC4=O)nn(C)c23)o1. The van der Waals surface area contributed by atoms with E-state index in [4.69, 9.17) is 9.15 Å². The van der Waals surface area contributed by atoms with Crippen molar-refractivity contribution in [1.82, 2.24) is 25.3 Å². The molecular formula is C18H18N6O5. The summed E-state index contributed by atoms with van der Waals surface area (Å²) in [6, 6.07) is 5.29. The van der Waals surface area contributed by atoms with Crippen LogP contribution in [-0.4, -0.2) is 44.3 Å². The number of aryl methyl sites for hydroxylation is 2. The van der Waals surface area contributed by atoms with Crippen molar-refractivity contribution in [3.8, 4) is 5.75 Å². The molecule has 1 saturated heterocycles. The number of hydrogen-bond donors (Lipinski definition) is 2. The summed E-state index contributed by atoms with van der Waals surface area (Å²) in [6.45, 7) is 1.34. The number of carbonyl (C=O) groups is 3. The van der Waals surface area contributed by atoms with Crippen LogP contribution in [0.3, 0.4) is 0 Å². The zero-order valence-corrected chi connectivity index (χ0v) is 15.8. The molecule has 1 aromatic carbocycles. The second-order valence-electron chi connectivity index (χ2n) is 6.63. The molecule has 0 saturated carbocycles. The normalized spacial score (nSPS) is 16.7. The highest BCUT2D eigenvalue weighted by molar-refractivity contribution is 6.03. The molecule has 150 valence electrons. The fourth-order valence-corrected chi connectivity index (χ4v) is 3.30. The number of piperidine rings is 1. The Morgan fingerprint density at radius 1 is 1.38 bits per heavy atom. The van der Waals surface area contributed by atoms with Crippen LogP contribution in [0.5, 0.6) is 5.75 Å². The van der Waals surface area contributed by atoms with E-state index in [-0.39, 0.29) is 30.9 Å². The first kappa shape index (κ1) is 18.6. The number of benzene rings is 1. The average Bonchev–Trinajstić information content (AvgIpc) is 3.23. The van der Waals surface area contributed by atoms with E-state index in [0.29, 0.717) is 29.3 Å². The Labute approximate surface area is 164 Å². The van der Waals surface area contributed by atoms with Gasteiger partial charge in [0.05, 0.1) is 11.6 Å². The van der Waals surface area contributed by atoms with Crippen LogP contribution in [0, 0.1) is 6.92 Å². The standard InChI is InChI=1S/C18H18N6O5/c1-9-21-22-18(29-9)20-14(26)8-28-12-5-3-4-10-15(23-24(2)16(10)12)11-6-7-13(25)19-17(11)27/h3-5,11H,6-8H2,1-2H3,(H,19,25,27)(H,20,22,26). The van der Waals surface area contributed by atoms with Gasteiger partial charge in [-0.25, -0.2) is 0 Å². The number of ether oxygens (including phenoxy) is 1. The maximum absolute atomic E-state index is 12.2. The van der Waals surface area contributed by atoms with Crippen molar-refractivity contribution in [1.29, 1.82) is 0 Å². The molecule has 11 heteroatoms. The van der Waals surface area contributed by atoms with Crippen LogP contribution < -0.4 is 15.4 Å². The zero-order chi connectivity index (χ0) is 20.5. The van der Waals surface area contributed by atoms with Crippen LogP contribution in [0.15, 0.2) is 22.6 Å². The van der Waals surface area contributed by atoms with Crippen LogP contribution in [-0.2, 0) is 21.4 Å². The van der Waals surface area contributed by atoms with Gasteiger partial charge in [-0.3, -0.25) is 29.7 Å². The van der Waals surface area contributed by atoms with Gasteiger partial charge in [-0.05, 0) is 12.5 Å². The van der Waals surface area contributed by atoms with Crippen molar-refractivity contribution in [2.24, 2.45) is 7.05 Å². The fraction of sp³-hybridized carbons (Fsp3) is 0.333. The number of fused-ring (bicyclic) bond motifs is 1. The van der Waals surface area contributed by atoms with Gasteiger partial charge in [-0.1, -0.05) is 17.2 Å². The van der Waals surface area contributed by atoms with Gasteiger partial charge >= 0.3 is 6.01 Å². The van der Waals surface area contributed by atoms with Gasteiger partial charge in [-0.2, -0.15) is 5.10 Å². The van der Waals surface area contributed by atoms with Gasteiger partial charge in [0.2, 0.25) is 17.7 Å². The molecule has 1 atom stereocenters. The summed E-state index contributed by atoms with van der Waals surface area (Å²) in [6.07, 6.45) is 0.661. The highest BCUT2D eigenvalue weighted by Crippen LogP contribution is 2.34. The highest BCUT2D eigenvalue weighted by atomic mass is 16.5. The van der Waals surface area contributed by atoms with E-state index in [1.807, 2.05) is 6.07 Å². The largest absolute Gasteiger partial charge is 0.481 e. The minimum Gasteiger partial charge on any atom is -0.481 e. The van der Waals surface area contributed by atoms with Crippen molar-refractivity contribution < 1.29 is 23.5 Å². The number of nitrogens with one attached hydrogen (secondary N) is 2. The minimum absolute atomic E-state index is 0.00464. The Hall–Kier alpha value is -3.76. The topological polar surface area (TPSA) is 141 Å². The number of rotatable bonds is 5. The number of amides is 3. The lowest BCUT2D eigenvalue weighted by atomic mass is 9.93. The van der Waals surface area contributed by atoms with Gasteiger partial charge in [0.1, 0.15) is 11.3 Å². The molecule has 0 aliphatic carbocycles. The monoisotopic (exact) mass is 398 g/mol. The highest BCUT2D eigenvalue weighted by Gasteiger charge is 2.32. The van der Waals surface area contributed by atoms with Crippen LogP contribution in [0.1, 0.15) is 30.3 Å². The molecule has 1 unspecified atom stereocenters. The molecule has 3 heterocycles. The molecule has 3 aromatic rings. The van der Waals surface area contributed by atoms with Crippen molar-refractivity contribution in [2.75, 3.05) is 11.9 Å². The average molecular weight is 398 g/mol. The molecule has 2 N–H and O–H groups in total. The number of nitrogens with zero attached hydrogens (tertiary/aromatic N) is 4. The third-order valence-corrected chi connectivity index (χ3v) is 4.56. The second-order valence-corrected chi connectivity index (χ2v) is 6.63. The first-order valence-corrected chi connectivity index (χ1v) is 8.94. The first-order valence-electron chi connectivity index (χ1n) is 8.94. The van der Waals surface area contributed by atoms with Gasteiger partial charge in [-0.15, -0.1) is 5.10 Å². The molecule has 1 aliphatic rings. The summed E-state index contributed by atoms with van der Waals surface area (Å²) in [7, 11) is 1.73. The van der Waals surface area contributed by atoms with Gasteiger partial charge in [0, 0.05) is 25.8 Å².